The summed E-state index contributed by atoms with van der Waals surface area (Å²) in [6, 6.07) is 13.7. The van der Waals surface area contributed by atoms with E-state index in [1.165, 1.54) is 11.0 Å². The molecule has 0 fully saturated rings. The van der Waals surface area contributed by atoms with Crippen LogP contribution in [0.25, 0.3) is 11.8 Å². The van der Waals surface area contributed by atoms with Gasteiger partial charge in [-0.3, -0.25) is 4.90 Å². The van der Waals surface area contributed by atoms with E-state index in [9.17, 15) is 9.18 Å². The third-order valence-corrected chi connectivity index (χ3v) is 3.19. The molecule has 0 spiro atoms. The Labute approximate surface area is 115 Å². The minimum atomic E-state index is -0.480. The molecule has 100 valence electrons. The van der Waals surface area contributed by atoms with Crippen LogP contribution < -0.4 is 4.90 Å². The lowest BCUT2D eigenvalue weighted by atomic mass is 10.1. The number of carbonyl (C=O) groups is 1. The highest BCUT2D eigenvalue weighted by molar-refractivity contribution is 6.01. The van der Waals surface area contributed by atoms with Crippen molar-refractivity contribution in [3.63, 3.8) is 0 Å². The maximum atomic E-state index is 13.7. The van der Waals surface area contributed by atoms with Gasteiger partial charge in [-0.1, -0.05) is 30.3 Å². The molecule has 0 unspecified atom stereocenters. The third kappa shape index (κ3) is 2.05. The number of fused-ring (bicyclic) bond motifs is 1. The summed E-state index contributed by atoms with van der Waals surface area (Å²) in [5.74, 6) is 0.00116. The van der Waals surface area contributed by atoms with Crippen LogP contribution in [0.1, 0.15) is 11.1 Å². The Hall–Kier alpha value is -2.62. The van der Waals surface area contributed by atoms with E-state index in [2.05, 4.69) is 0 Å². The molecule has 0 aliphatic carbocycles. The van der Waals surface area contributed by atoms with Crippen molar-refractivity contribution in [1.82, 2.24) is 0 Å². The number of carbonyl (C=O) groups excluding carboxylic acids is 1. The van der Waals surface area contributed by atoms with Gasteiger partial charge in [-0.2, -0.15) is 0 Å². The van der Waals surface area contributed by atoms with Gasteiger partial charge in [0, 0.05) is 18.2 Å². The van der Waals surface area contributed by atoms with Gasteiger partial charge in [0.1, 0.15) is 11.6 Å². The molecule has 3 nitrogen and oxygen atoms in total. The van der Waals surface area contributed by atoms with Crippen LogP contribution in [0, 0.1) is 5.82 Å². The van der Waals surface area contributed by atoms with E-state index >= 15 is 0 Å². The van der Waals surface area contributed by atoms with Crippen LogP contribution >= 0.6 is 0 Å². The molecule has 3 rings (SSSR count). The molecule has 0 saturated carbocycles. The average Bonchev–Trinajstić information content (AvgIpc) is 2.47. The topological polar surface area (TPSA) is 29.5 Å². The van der Waals surface area contributed by atoms with Crippen molar-refractivity contribution in [3.8, 4) is 0 Å². The van der Waals surface area contributed by atoms with Crippen molar-refractivity contribution in [1.29, 1.82) is 0 Å². The highest BCUT2D eigenvalue weighted by Gasteiger charge is 2.26. The van der Waals surface area contributed by atoms with Crippen molar-refractivity contribution in [2.75, 3.05) is 11.9 Å². The second-order valence-electron chi connectivity index (χ2n) is 4.47. The zero-order valence-corrected chi connectivity index (χ0v) is 10.8. The summed E-state index contributed by atoms with van der Waals surface area (Å²) < 4.78 is 19.0. The fraction of sp³-hybridized carbons (Fsp3) is 0.0625. The number of anilines is 1. The Morgan fingerprint density at radius 2 is 1.80 bits per heavy atom. The van der Waals surface area contributed by atoms with Gasteiger partial charge in [-0.15, -0.1) is 0 Å². The van der Waals surface area contributed by atoms with Gasteiger partial charge < -0.3 is 4.74 Å². The standard InChI is InChI=1S/C16H12FNO2/c1-18-14-9-5-3-7-12(14)15(20-16(18)19)10-11-6-2-4-8-13(11)17/h2-10H,1H3/b15-10-. The lowest BCUT2D eigenvalue weighted by molar-refractivity contribution is 0.199. The smallest absolute Gasteiger partial charge is 0.409 e. The summed E-state index contributed by atoms with van der Waals surface area (Å²) in [6.07, 6.45) is 1.06. The first-order chi connectivity index (χ1) is 9.66. The fourth-order valence-electron chi connectivity index (χ4n) is 2.13. The summed E-state index contributed by atoms with van der Waals surface area (Å²) in [5, 5.41) is 0. The number of nitrogens with zero attached hydrogens (tertiary/aromatic N) is 1. The van der Waals surface area contributed by atoms with E-state index in [4.69, 9.17) is 4.74 Å². The van der Waals surface area contributed by atoms with Crippen molar-refractivity contribution in [2.24, 2.45) is 0 Å². The maximum Gasteiger partial charge on any atom is 0.419 e. The average molecular weight is 269 g/mol. The van der Waals surface area contributed by atoms with Crippen molar-refractivity contribution in [3.05, 3.63) is 65.5 Å². The first-order valence-electron chi connectivity index (χ1n) is 6.18. The molecule has 0 aromatic heterocycles. The van der Waals surface area contributed by atoms with Gasteiger partial charge in [0.25, 0.3) is 0 Å². The van der Waals surface area contributed by atoms with Gasteiger partial charge >= 0.3 is 6.09 Å². The predicted octanol–water partition coefficient (Wildman–Crippen LogP) is 3.91. The number of para-hydroxylation sites is 1. The number of hydrogen-bond donors (Lipinski definition) is 0. The van der Waals surface area contributed by atoms with Gasteiger partial charge in [-0.05, 0) is 24.3 Å². The van der Waals surface area contributed by atoms with Crippen LogP contribution in [-0.2, 0) is 4.74 Å². The molecule has 1 aliphatic heterocycles. The molecular formula is C16H12FNO2. The highest BCUT2D eigenvalue weighted by atomic mass is 19.1. The molecule has 4 heteroatoms. The van der Waals surface area contributed by atoms with E-state index in [0.717, 1.165) is 11.3 Å². The molecule has 2 aromatic rings. The molecule has 1 heterocycles. The molecule has 0 atom stereocenters. The zero-order chi connectivity index (χ0) is 14.1. The summed E-state index contributed by atoms with van der Waals surface area (Å²) in [4.78, 5) is 13.2. The van der Waals surface area contributed by atoms with Gasteiger partial charge in [-0.25, -0.2) is 9.18 Å². The van der Waals surface area contributed by atoms with Crippen molar-refractivity contribution < 1.29 is 13.9 Å². The van der Waals surface area contributed by atoms with Crippen LogP contribution in [0.15, 0.2) is 48.5 Å². The number of cyclic esters (lactones) is 1. The fourth-order valence-corrected chi connectivity index (χ4v) is 2.13. The molecule has 20 heavy (non-hydrogen) atoms. The van der Waals surface area contributed by atoms with E-state index in [1.807, 2.05) is 24.3 Å². The number of halogens is 1. The minimum Gasteiger partial charge on any atom is -0.409 e. The van der Waals surface area contributed by atoms with Gasteiger partial charge in [0.05, 0.1) is 5.69 Å². The third-order valence-electron chi connectivity index (χ3n) is 3.19. The normalized spacial score (nSPS) is 16.0. The Bertz CT molecular complexity index is 709. The van der Waals surface area contributed by atoms with Gasteiger partial charge in [0.15, 0.2) is 0 Å². The summed E-state index contributed by atoms with van der Waals surface area (Å²) in [7, 11) is 1.64. The minimum absolute atomic E-state index is 0.354. The van der Waals surface area contributed by atoms with Crippen LogP contribution in [0.2, 0.25) is 0 Å². The number of rotatable bonds is 1. The number of amides is 1. The Morgan fingerprint density at radius 3 is 2.60 bits per heavy atom. The number of hydrogen-bond acceptors (Lipinski definition) is 2. The lowest BCUT2D eigenvalue weighted by Crippen LogP contribution is -2.31. The molecule has 0 bridgehead atoms. The van der Waals surface area contributed by atoms with E-state index in [-0.39, 0.29) is 5.82 Å². The predicted molar refractivity (Wildman–Crippen MR) is 75.6 cm³/mol. The molecule has 0 radical (unpaired) electrons. The summed E-state index contributed by atoms with van der Waals surface area (Å²) in [5.41, 5.74) is 1.89. The van der Waals surface area contributed by atoms with Crippen molar-refractivity contribution >= 4 is 23.6 Å². The van der Waals surface area contributed by atoms with Crippen LogP contribution in [-0.4, -0.2) is 13.1 Å². The van der Waals surface area contributed by atoms with E-state index < -0.39 is 6.09 Å². The molecule has 2 aromatic carbocycles. The molecular weight excluding hydrogens is 257 g/mol. The van der Waals surface area contributed by atoms with Crippen LogP contribution in [0.4, 0.5) is 14.9 Å². The van der Waals surface area contributed by atoms with E-state index in [1.54, 1.807) is 31.3 Å². The Morgan fingerprint density at radius 1 is 1.10 bits per heavy atom. The zero-order valence-electron chi connectivity index (χ0n) is 10.8. The molecule has 0 saturated heterocycles. The second-order valence-corrected chi connectivity index (χ2v) is 4.47. The Kier molecular flexibility index (Phi) is 2.99. The second kappa shape index (κ2) is 4.81. The Balaban J connectivity index is 2.13. The number of ether oxygens (including phenoxy) is 1. The van der Waals surface area contributed by atoms with Gasteiger partial charge in [0.2, 0.25) is 0 Å². The van der Waals surface area contributed by atoms with Crippen molar-refractivity contribution in [2.45, 2.75) is 0 Å². The van der Waals surface area contributed by atoms with E-state index in [0.29, 0.717) is 11.3 Å². The summed E-state index contributed by atoms with van der Waals surface area (Å²) >= 11 is 0. The van der Waals surface area contributed by atoms with Crippen LogP contribution in [0.5, 0.6) is 0 Å². The lowest BCUT2D eigenvalue weighted by Gasteiger charge is -2.26. The first kappa shape index (κ1) is 12.4. The SMILES string of the molecule is CN1C(=O)O/C(=C\c2ccccc2F)c2ccccc21. The first-order valence-corrected chi connectivity index (χ1v) is 6.18. The maximum absolute atomic E-state index is 13.7. The quantitative estimate of drug-likeness (QED) is 0.785. The molecule has 1 amide bonds. The van der Waals surface area contributed by atoms with Crippen LogP contribution in [0.3, 0.4) is 0 Å². The molecule has 0 N–H and O–H groups in total. The molecule has 1 aliphatic rings. The monoisotopic (exact) mass is 269 g/mol. The summed E-state index contributed by atoms with van der Waals surface area (Å²) in [6.45, 7) is 0. The largest absolute Gasteiger partial charge is 0.419 e. The highest BCUT2D eigenvalue weighted by Crippen LogP contribution is 2.34. The number of benzene rings is 2.